The Morgan fingerprint density at radius 1 is 0.919 bits per heavy atom. The third-order valence-corrected chi connectivity index (χ3v) is 7.04. The first-order valence-electron chi connectivity index (χ1n) is 11.3. The van der Waals surface area contributed by atoms with Crippen molar-refractivity contribution in [3.05, 3.63) is 85.6 Å². The van der Waals surface area contributed by atoms with Crippen molar-refractivity contribution in [3.63, 3.8) is 0 Å². The summed E-state index contributed by atoms with van der Waals surface area (Å²) >= 11 is 0. The number of hydrogen-bond donors (Lipinski definition) is 1. The Balaban J connectivity index is 1.42. The van der Waals surface area contributed by atoms with Crippen LogP contribution in [-0.4, -0.2) is 58.1 Å². The van der Waals surface area contributed by atoms with Crippen LogP contribution in [0.1, 0.15) is 0 Å². The van der Waals surface area contributed by atoms with E-state index >= 15 is 0 Å². The fraction of sp³-hybridized carbons (Fsp3) is 0.115. The minimum absolute atomic E-state index is 0.0641. The molecule has 3 heterocycles. The molecule has 186 valence electrons. The van der Waals surface area contributed by atoms with Crippen LogP contribution >= 0.6 is 0 Å². The van der Waals surface area contributed by atoms with Crippen LogP contribution < -0.4 is 4.72 Å². The van der Waals surface area contributed by atoms with Gasteiger partial charge in [0.05, 0.1) is 45.9 Å². The largest absolute Gasteiger partial charge is 0.347 e. The molecule has 1 N–H and O–H groups in total. The van der Waals surface area contributed by atoms with Gasteiger partial charge < -0.3 is 4.90 Å². The molecule has 11 heteroatoms. The van der Waals surface area contributed by atoms with Crippen molar-refractivity contribution in [1.29, 1.82) is 0 Å². The monoisotopic (exact) mass is 513 g/mol. The topological polar surface area (TPSA) is 123 Å². The summed E-state index contributed by atoms with van der Waals surface area (Å²) in [5.41, 5.74) is 4.60. The molecule has 0 spiro atoms. The number of sulfonamides is 1. The van der Waals surface area contributed by atoms with E-state index in [0.29, 0.717) is 22.4 Å². The zero-order chi connectivity index (χ0) is 26.0. The number of nitrogens with zero attached hydrogens (tertiary/aromatic N) is 6. The number of fused-ring (bicyclic) bond motifs is 1. The molecule has 0 bridgehead atoms. The second kappa shape index (κ2) is 9.78. The Kier molecular flexibility index (Phi) is 6.36. The number of benzene rings is 2. The van der Waals surface area contributed by atoms with Gasteiger partial charge in [0, 0.05) is 37.6 Å². The van der Waals surface area contributed by atoms with Gasteiger partial charge in [-0.05, 0) is 35.9 Å². The number of carbonyl (C=O) groups is 1. The van der Waals surface area contributed by atoms with Crippen LogP contribution in [0.2, 0.25) is 0 Å². The number of likely N-dealkylation sites (N-methyl/N-ethyl adjacent to an activating group) is 1. The third-order valence-electron chi connectivity index (χ3n) is 5.64. The first-order valence-corrected chi connectivity index (χ1v) is 12.8. The summed E-state index contributed by atoms with van der Waals surface area (Å²) in [4.78, 5) is 27.1. The number of hydrogen-bond acceptors (Lipinski definition) is 7. The molecule has 0 aliphatic rings. The van der Waals surface area contributed by atoms with Gasteiger partial charge in [-0.2, -0.15) is 5.10 Å². The van der Waals surface area contributed by atoms with Crippen LogP contribution in [0, 0.1) is 0 Å². The van der Waals surface area contributed by atoms with Crippen molar-refractivity contribution >= 4 is 32.7 Å². The lowest BCUT2D eigenvalue weighted by Gasteiger charge is -2.10. The molecule has 2 aromatic carbocycles. The predicted molar refractivity (Wildman–Crippen MR) is 140 cm³/mol. The molecule has 0 fully saturated rings. The Hall–Kier alpha value is -4.64. The van der Waals surface area contributed by atoms with Gasteiger partial charge in [-0.25, -0.2) is 13.4 Å². The number of pyridine rings is 1. The van der Waals surface area contributed by atoms with E-state index in [1.54, 1.807) is 67.8 Å². The van der Waals surface area contributed by atoms with Crippen molar-refractivity contribution in [3.8, 4) is 22.4 Å². The lowest BCUT2D eigenvalue weighted by molar-refractivity contribution is -0.129. The highest BCUT2D eigenvalue weighted by atomic mass is 32.2. The molecule has 5 rings (SSSR count). The number of rotatable bonds is 7. The van der Waals surface area contributed by atoms with E-state index in [-0.39, 0.29) is 17.3 Å². The van der Waals surface area contributed by atoms with Gasteiger partial charge in [0.15, 0.2) is 0 Å². The molecule has 1 amide bonds. The lowest BCUT2D eigenvalue weighted by Crippen LogP contribution is -2.26. The molecule has 0 saturated carbocycles. The van der Waals surface area contributed by atoms with E-state index < -0.39 is 10.0 Å². The van der Waals surface area contributed by atoms with Crippen LogP contribution in [0.3, 0.4) is 0 Å². The molecular weight excluding hydrogens is 490 g/mol. The highest BCUT2D eigenvalue weighted by Crippen LogP contribution is 2.27. The van der Waals surface area contributed by atoms with Gasteiger partial charge in [0.1, 0.15) is 6.54 Å². The van der Waals surface area contributed by atoms with Crippen molar-refractivity contribution < 1.29 is 13.2 Å². The summed E-state index contributed by atoms with van der Waals surface area (Å²) in [6, 6.07) is 15.5. The fourth-order valence-corrected chi connectivity index (χ4v) is 4.72. The Bertz CT molecular complexity index is 1700. The Morgan fingerprint density at radius 2 is 1.73 bits per heavy atom. The maximum Gasteiger partial charge on any atom is 0.261 e. The summed E-state index contributed by atoms with van der Waals surface area (Å²) in [5, 5.41) is 4.26. The molecule has 0 aliphatic heterocycles. The second-order valence-electron chi connectivity index (χ2n) is 8.55. The minimum atomic E-state index is -3.74. The molecule has 0 aliphatic carbocycles. The van der Waals surface area contributed by atoms with Crippen LogP contribution in [0.5, 0.6) is 0 Å². The zero-order valence-electron chi connectivity index (χ0n) is 20.1. The number of anilines is 1. The standard InChI is InChI=1S/C26H23N7O3S/c1-32(2)26(34)17-33-16-20(13-29-33)25-15-28-23-9-8-18(11-24(23)30-25)19-10-21(14-27-12-19)31-37(35,36)22-6-4-3-5-7-22/h3-16,31H,17H2,1-2H3. The van der Waals surface area contributed by atoms with Gasteiger partial charge in [0.25, 0.3) is 10.0 Å². The lowest BCUT2D eigenvalue weighted by atomic mass is 10.1. The molecule has 3 aromatic heterocycles. The number of aromatic nitrogens is 5. The average Bonchev–Trinajstić information content (AvgIpc) is 3.37. The molecule has 0 atom stereocenters. The van der Waals surface area contributed by atoms with Crippen LogP contribution in [0.15, 0.2) is 90.5 Å². The fourth-order valence-electron chi connectivity index (χ4n) is 3.66. The summed E-state index contributed by atoms with van der Waals surface area (Å²) in [6.07, 6.45) is 8.19. The first-order chi connectivity index (χ1) is 17.8. The molecule has 10 nitrogen and oxygen atoms in total. The quantitative estimate of drug-likeness (QED) is 0.354. The van der Waals surface area contributed by atoms with Crippen molar-refractivity contribution in [2.75, 3.05) is 18.8 Å². The van der Waals surface area contributed by atoms with Crippen LogP contribution in [0.4, 0.5) is 5.69 Å². The maximum atomic E-state index is 12.7. The van der Waals surface area contributed by atoms with Crippen LogP contribution in [-0.2, 0) is 21.4 Å². The van der Waals surface area contributed by atoms with E-state index in [4.69, 9.17) is 4.98 Å². The first kappa shape index (κ1) is 24.1. The summed E-state index contributed by atoms with van der Waals surface area (Å²) in [6.45, 7) is 0.134. The van der Waals surface area contributed by atoms with Crippen molar-refractivity contribution in [2.24, 2.45) is 0 Å². The molecule has 0 radical (unpaired) electrons. The Morgan fingerprint density at radius 3 is 2.51 bits per heavy atom. The van der Waals surface area contributed by atoms with Gasteiger partial charge in [-0.1, -0.05) is 24.3 Å². The predicted octanol–water partition coefficient (Wildman–Crippen LogP) is 3.44. The number of nitrogens with one attached hydrogen (secondary N) is 1. The van der Waals surface area contributed by atoms with E-state index in [0.717, 1.165) is 16.7 Å². The number of carbonyl (C=O) groups excluding carboxylic acids is 1. The van der Waals surface area contributed by atoms with Gasteiger partial charge >= 0.3 is 0 Å². The zero-order valence-corrected chi connectivity index (χ0v) is 20.9. The molecule has 5 aromatic rings. The summed E-state index contributed by atoms with van der Waals surface area (Å²) in [7, 11) is -0.344. The van der Waals surface area contributed by atoms with E-state index in [1.807, 2.05) is 18.2 Å². The van der Waals surface area contributed by atoms with Crippen molar-refractivity contribution in [2.45, 2.75) is 11.4 Å². The SMILES string of the molecule is CN(C)C(=O)Cn1cc(-c2cnc3ccc(-c4cncc(NS(=O)(=O)c5ccccc5)c4)cc3n2)cn1. The van der Waals surface area contributed by atoms with Crippen molar-refractivity contribution in [1.82, 2.24) is 29.6 Å². The van der Waals surface area contributed by atoms with Gasteiger partial charge in [-0.15, -0.1) is 0 Å². The van der Waals surface area contributed by atoms with E-state index in [1.165, 1.54) is 23.2 Å². The second-order valence-corrected chi connectivity index (χ2v) is 10.2. The summed E-state index contributed by atoms with van der Waals surface area (Å²) < 4.78 is 29.6. The number of amides is 1. The molecule has 0 unspecified atom stereocenters. The van der Waals surface area contributed by atoms with E-state index in [2.05, 4.69) is 19.8 Å². The van der Waals surface area contributed by atoms with Gasteiger partial charge in [-0.3, -0.25) is 24.2 Å². The van der Waals surface area contributed by atoms with Crippen LogP contribution in [0.25, 0.3) is 33.4 Å². The normalized spacial score (nSPS) is 11.4. The third kappa shape index (κ3) is 5.31. The smallest absolute Gasteiger partial charge is 0.261 e. The minimum Gasteiger partial charge on any atom is -0.347 e. The summed E-state index contributed by atoms with van der Waals surface area (Å²) in [5.74, 6) is -0.0641. The molecule has 0 saturated heterocycles. The Labute approximate surface area is 213 Å². The highest BCUT2D eigenvalue weighted by Gasteiger charge is 2.15. The maximum absolute atomic E-state index is 12.7. The highest BCUT2D eigenvalue weighted by molar-refractivity contribution is 7.92. The van der Waals surface area contributed by atoms with Gasteiger partial charge in [0.2, 0.25) is 5.91 Å². The molecule has 37 heavy (non-hydrogen) atoms. The molecular formula is C26H23N7O3S. The van der Waals surface area contributed by atoms with E-state index in [9.17, 15) is 13.2 Å². The average molecular weight is 514 g/mol.